The molecule has 0 aliphatic carbocycles. The van der Waals surface area contributed by atoms with Crippen LogP contribution in [0, 0.1) is 0 Å². The third-order valence-electron chi connectivity index (χ3n) is 2.51. The lowest BCUT2D eigenvalue weighted by Crippen LogP contribution is -2.57. The van der Waals surface area contributed by atoms with Gasteiger partial charge < -0.3 is 16.2 Å². The second-order valence-corrected chi connectivity index (χ2v) is 3.49. The molecule has 0 radical (unpaired) electrons. The van der Waals surface area contributed by atoms with Crippen molar-refractivity contribution >= 4 is 5.91 Å². The highest BCUT2D eigenvalue weighted by Gasteiger charge is 2.40. The minimum Gasteiger partial charge on any atom is -0.391 e. The van der Waals surface area contributed by atoms with Gasteiger partial charge in [0.1, 0.15) is 5.54 Å². The number of likely N-dealkylation sites (N-methyl/N-ethyl adjacent to an activating group) is 1. The number of aliphatic hydroxyl groups is 1. The van der Waals surface area contributed by atoms with Gasteiger partial charge in [-0.15, -0.1) is 0 Å². The van der Waals surface area contributed by atoms with Crippen LogP contribution in [0.3, 0.4) is 0 Å². The monoisotopic (exact) mass is 208 g/mol. The molecule has 1 aromatic rings. The van der Waals surface area contributed by atoms with Crippen molar-refractivity contribution in [2.24, 2.45) is 5.73 Å². The minimum atomic E-state index is -1.39. The van der Waals surface area contributed by atoms with Crippen LogP contribution in [0.15, 0.2) is 30.3 Å². The molecule has 4 N–H and O–H groups in total. The van der Waals surface area contributed by atoms with Crippen molar-refractivity contribution in [3.05, 3.63) is 35.9 Å². The van der Waals surface area contributed by atoms with E-state index >= 15 is 0 Å². The number of hydrogen-bond acceptors (Lipinski definition) is 3. The van der Waals surface area contributed by atoms with E-state index in [0.717, 1.165) is 0 Å². The number of nitrogens with two attached hydrogens (primary N) is 1. The molecule has 4 heteroatoms. The average molecular weight is 208 g/mol. The van der Waals surface area contributed by atoms with Gasteiger partial charge in [0.2, 0.25) is 5.91 Å². The molecular formula is C11H16N2O2. The molecule has 0 aliphatic heterocycles. The highest BCUT2D eigenvalue weighted by Crippen LogP contribution is 2.22. The zero-order valence-corrected chi connectivity index (χ0v) is 8.90. The zero-order chi connectivity index (χ0) is 11.5. The van der Waals surface area contributed by atoms with Crippen LogP contribution in [0.25, 0.3) is 0 Å². The van der Waals surface area contributed by atoms with Crippen LogP contribution in [0.4, 0.5) is 0 Å². The van der Waals surface area contributed by atoms with Crippen LogP contribution in [0.2, 0.25) is 0 Å². The fraction of sp³-hybridized carbons (Fsp3) is 0.364. The summed E-state index contributed by atoms with van der Waals surface area (Å²) in [6.07, 6.45) is -0.958. The molecular weight excluding hydrogens is 192 g/mol. The first-order valence-corrected chi connectivity index (χ1v) is 4.78. The van der Waals surface area contributed by atoms with Gasteiger partial charge in [-0.2, -0.15) is 0 Å². The molecule has 0 spiro atoms. The fourth-order valence-electron chi connectivity index (χ4n) is 1.48. The number of benzene rings is 1. The largest absolute Gasteiger partial charge is 0.391 e. The number of nitrogens with one attached hydrogen (secondary N) is 1. The second kappa shape index (κ2) is 4.42. The molecule has 0 saturated heterocycles. The smallest absolute Gasteiger partial charge is 0.247 e. The summed E-state index contributed by atoms with van der Waals surface area (Å²) < 4.78 is 0. The molecule has 0 bridgehead atoms. The number of carbonyl (C=O) groups excluding carboxylic acids is 1. The molecule has 15 heavy (non-hydrogen) atoms. The van der Waals surface area contributed by atoms with E-state index in [1.807, 2.05) is 6.07 Å². The number of hydrogen-bond donors (Lipinski definition) is 3. The Kier molecular flexibility index (Phi) is 3.44. The van der Waals surface area contributed by atoms with Crippen LogP contribution in [-0.2, 0) is 10.3 Å². The van der Waals surface area contributed by atoms with Crippen molar-refractivity contribution < 1.29 is 9.90 Å². The summed E-state index contributed by atoms with van der Waals surface area (Å²) >= 11 is 0. The fourth-order valence-corrected chi connectivity index (χ4v) is 1.48. The van der Waals surface area contributed by atoms with Crippen molar-refractivity contribution in [3.8, 4) is 0 Å². The Balaban J connectivity index is 3.19. The van der Waals surface area contributed by atoms with Crippen LogP contribution in [0.1, 0.15) is 12.5 Å². The number of amides is 1. The molecule has 82 valence electrons. The van der Waals surface area contributed by atoms with E-state index in [4.69, 9.17) is 5.73 Å². The normalized spacial score (nSPS) is 16.5. The van der Waals surface area contributed by atoms with Crippen molar-refractivity contribution in [1.82, 2.24) is 5.32 Å². The van der Waals surface area contributed by atoms with E-state index in [9.17, 15) is 9.90 Å². The summed E-state index contributed by atoms with van der Waals surface area (Å²) in [4.78, 5) is 11.7. The summed E-state index contributed by atoms with van der Waals surface area (Å²) in [5.74, 6) is -0.399. The topological polar surface area (TPSA) is 75.4 Å². The summed E-state index contributed by atoms with van der Waals surface area (Å²) in [7, 11) is 1.50. The van der Waals surface area contributed by atoms with Gasteiger partial charge in [-0.05, 0) is 12.5 Å². The molecule has 1 aromatic carbocycles. The number of aliphatic hydroxyl groups excluding tert-OH is 1. The first-order chi connectivity index (χ1) is 7.03. The second-order valence-electron chi connectivity index (χ2n) is 3.49. The van der Waals surface area contributed by atoms with Gasteiger partial charge in [-0.1, -0.05) is 30.3 Å². The van der Waals surface area contributed by atoms with Gasteiger partial charge in [0.05, 0.1) is 6.10 Å². The molecule has 0 unspecified atom stereocenters. The van der Waals surface area contributed by atoms with E-state index in [0.29, 0.717) is 5.56 Å². The maximum absolute atomic E-state index is 11.7. The van der Waals surface area contributed by atoms with Gasteiger partial charge in [0.15, 0.2) is 0 Å². The van der Waals surface area contributed by atoms with E-state index in [1.54, 1.807) is 24.3 Å². The Hall–Kier alpha value is -1.39. The first-order valence-electron chi connectivity index (χ1n) is 4.78. The molecule has 0 heterocycles. The van der Waals surface area contributed by atoms with E-state index < -0.39 is 17.6 Å². The maximum Gasteiger partial charge on any atom is 0.247 e. The lowest BCUT2D eigenvalue weighted by molar-refractivity contribution is -0.130. The van der Waals surface area contributed by atoms with Gasteiger partial charge in [-0.25, -0.2) is 0 Å². The predicted octanol–water partition coefficient (Wildman–Crippen LogP) is -0.0326. The lowest BCUT2D eigenvalue weighted by Gasteiger charge is -2.30. The standard InChI is InChI=1S/C11H16N2O2/c1-8(14)11(12,10(15)13-2)9-6-4-3-5-7-9/h3-8,14H,12H2,1-2H3,(H,13,15)/t8-,11-/m1/s1. The van der Waals surface area contributed by atoms with Crippen molar-refractivity contribution in [3.63, 3.8) is 0 Å². The van der Waals surface area contributed by atoms with Crippen molar-refractivity contribution in [2.45, 2.75) is 18.6 Å². The molecule has 0 aromatic heterocycles. The summed E-state index contributed by atoms with van der Waals surface area (Å²) in [5.41, 5.74) is 5.16. The molecule has 0 saturated carbocycles. The number of carbonyl (C=O) groups is 1. The van der Waals surface area contributed by atoms with E-state index in [2.05, 4.69) is 5.32 Å². The van der Waals surface area contributed by atoms with E-state index in [1.165, 1.54) is 14.0 Å². The molecule has 0 aliphatic rings. The Morgan fingerprint density at radius 2 is 2.00 bits per heavy atom. The third kappa shape index (κ3) is 2.00. The summed E-state index contributed by atoms with van der Waals surface area (Å²) in [5, 5.41) is 12.1. The lowest BCUT2D eigenvalue weighted by atomic mass is 9.85. The Morgan fingerprint density at radius 1 is 1.47 bits per heavy atom. The maximum atomic E-state index is 11.7. The molecule has 1 amide bonds. The van der Waals surface area contributed by atoms with Crippen molar-refractivity contribution in [2.75, 3.05) is 7.05 Å². The highest BCUT2D eigenvalue weighted by atomic mass is 16.3. The van der Waals surface area contributed by atoms with Gasteiger partial charge in [0, 0.05) is 7.05 Å². The van der Waals surface area contributed by atoms with Gasteiger partial charge >= 0.3 is 0 Å². The third-order valence-corrected chi connectivity index (χ3v) is 2.51. The van der Waals surface area contributed by atoms with Crippen LogP contribution in [-0.4, -0.2) is 24.2 Å². The predicted molar refractivity (Wildman–Crippen MR) is 58.1 cm³/mol. The molecule has 1 rings (SSSR count). The SMILES string of the molecule is CNC(=O)[C@](N)(c1ccccc1)[C@@H](C)O. The van der Waals surface area contributed by atoms with Crippen LogP contribution in [0.5, 0.6) is 0 Å². The minimum absolute atomic E-state index is 0.399. The van der Waals surface area contributed by atoms with Crippen LogP contribution < -0.4 is 11.1 Å². The summed E-state index contributed by atoms with van der Waals surface area (Å²) in [6, 6.07) is 8.84. The summed E-state index contributed by atoms with van der Waals surface area (Å²) in [6.45, 7) is 1.50. The van der Waals surface area contributed by atoms with Gasteiger partial charge in [0.25, 0.3) is 0 Å². The van der Waals surface area contributed by atoms with Crippen molar-refractivity contribution in [1.29, 1.82) is 0 Å². The quantitative estimate of drug-likeness (QED) is 0.653. The van der Waals surface area contributed by atoms with E-state index in [-0.39, 0.29) is 0 Å². The Morgan fingerprint density at radius 3 is 2.40 bits per heavy atom. The first kappa shape index (κ1) is 11.7. The molecule has 2 atom stereocenters. The molecule has 0 fully saturated rings. The zero-order valence-electron chi connectivity index (χ0n) is 8.90. The van der Waals surface area contributed by atoms with Gasteiger partial charge in [-0.3, -0.25) is 4.79 Å². The highest BCUT2D eigenvalue weighted by molar-refractivity contribution is 5.87. The number of rotatable bonds is 3. The average Bonchev–Trinajstić information content (AvgIpc) is 2.27. The Bertz CT molecular complexity index is 338. The Labute approximate surface area is 89.1 Å². The molecule has 4 nitrogen and oxygen atoms in total. The van der Waals surface area contributed by atoms with Crippen LogP contribution >= 0.6 is 0 Å².